The molecule has 41 heavy (non-hydrogen) atoms. The van der Waals surface area contributed by atoms with Gasteiger partial charge in [0.1, 0.15) is 18.2 Å². The number of ether oxygens (including phenoxy) is 3. The number of rotatable bonds is 10. The second kappa shape index (κ2) is 12.6. The average Bonchev–Trinajstić information content (AvgIpc) is 3.37. The number of fused-ring (bicyclic) bond motifs is 1. The van der Waals surface area contributed by atoms with Crippen molar-refractivity contribution in [2.75, 3.05) is 56.3 Å². The van der Waals surface area contributed by atoms with Gasteiger partial charge >= 0.3 is 0 Å². The van der Waals surface area contributed by atoms with Gasteiger partial charge in [0.25, 0.3) is 6.43 Å². The predicted molar refractivity (Wildman–Crippen MR) is 148 cm³/mol. The SMILES string of the molecule is O=C(COCC1CCCCO1)N[C@H]1C[C@H](Nc2cc(-n3c(C(F)F)nc4ccccc43)nc(N3CCOCC3)n2)C1. The quantitative estimate of drug-likeness (QED) is 0.378. The second-order valence-corrected chi connectivity index (χ2v) is 10.7. The van der Waals surface area contributed by atoms with E-state index < -0.39 is 6.43 Å². The molecule has 11 nitrogen and oxygen atoms in total. The van der Waals surface area contributed by atoms with Crippen LogP contribution in [0.25, 0.3) is 16.9 Å². The maximum atomic E-state index is 14.1. The summed E-state index contributed by atoms with van der Waals surface area (Å²) < 4.78 is 46.2. The lowest BCUT2D eigenvalue weighted by Crippen LogP contribution is -2.50. The highest BCUT2D eigenvalue weighted by atomic mass is 19.3. The minimum absolute atomic E-state index is 0.0119. The molecule has 3 fully saturated rings. The van der Waals surface area contributed by atoms with E-state index in [1.807, 2.05) is 4.90 Å². The van der Waals surface area contributed by atoms with Crippen molar-refractivity contribution in [3.05, 3.63) is 36.2 Å². The van der Waals surface area contributed by atoms with Crippen molar-refractivity contribution in [1.29, 1.82) is 0 Å². The van der Waals surface area contributed by atoms with Crippen LogP contribution < -0.4 is 15.5 Å². The van der Waals surface area contributed by atoms with Crippen LogP contribution >= 0.6 is 0 Å². The molecule has 4 heterocycles. The zero-order valence-corrected chi connectivity index (χ0v) is 22.8. The Morgan fingerprint density at radius 3 is 2.68 bits per heavy atom. The normalized spacial score (nSPS) is 23.0. The molecule has 2 N–H and O–H groups in total. The molecule has 6 rings (SSSR count). The molecule has 3 aromatic rings. The lowest BCUT2D eigenvalue weighted by atomic mass is 9.86. The Balaban J connectivity index is 1.13. The van der Waals surface area contributed by atoms with Crippen molar-refractivity contribution in [1.82, 2.24) is 24.8 Å². The van der Waals surface area contributed by atoms with Gasteiger partial charge in [0.05, 0.1) is 37.0 Å². The molecule has 1 aliphatic carbocycles. The van der Waals surface area contributed by atoms with Crippen LogP contribution in [0.2, 0.25) is 0 Å². The Labute approximate surface area is 236 Å². The minimum atomic E-state index is -2.78. The molecule has 1 atom stereocenters. The number of nitrogens with zero attached hydrogens (tertiary/aromatic N) is 5. The molecule has 2 aliphatic heterocycles. The topological polar surface area (TPSA) is 116 Å². The summed E-state index contributed by atoms with van der Waals surface area (Å²) in [4.78, 5) is 27.9. The number of halogens is 2. The fraction of sp³-hybridized carbons (Fsp3) is 0.571. The standard InChI is InChI=1S/C28H35F2N7O4/c29-26(30)27-33-21-6-1-2-7-22(21)37(27)24-15-23(34-28(35-24)36-8-11-39-12-9-36)31-18-13-19(14-18)32-25(38)17-40-16-20-5-3-4-10-41-20/h1-2,6-7,15,18-20,26H,3-5,8-14,16-17H2,(H,32,38)(H,31,34,35)/t18-,19-,20?. The van der Waals surface area contributed by atoms with E-state index in [4.69, 9.17) is 19.2 Å². The molecule has 0 radical (unpaired) electrons. The fourth-order valence-electron chi connectivity index (χ4n) is 5.50. The highest BCUT2D eigenvalue weighted by Gasteiger charge is 2.31. The zero-order chi connectivity index (χ0) is 28.2. The Kier molecular flexibility index (Phi) is 8.54. The number of aromatic nitrogens is 4. The van der Waals surface area contributed by atoms with Gasteiger partial charge in [0.15, 0.2) is 5.82 Å². The van der Waals surface area contributed by atoms with Gasteiger partial charge in [-0.1, -0.05) is 12.1 Å². The second-order valence-electron chi connectivity index (χ2n) is 10.7. The molecule has 3 aliphatic rings. The van der Waals surface area contributed by atoms with Crippen molar-refractivity contribution in [3.63, 3.8) is 0 Å². The molecular formula is C28H35F2N7O4. The first-order chi connectivity index (χ1) is 20.0. The van der Waals surface area contributed by atoms with Gasteiger partial charge in [-0.3, -0.25) is 9.36 Å². The van der Waals surface area contributed by atoms with Crippen LogP contribution in [0, 0.1) is 0 Å². The average molecular weight is 572 g/mol. The lowest BCUT2D eigenvalue weighted by Gasteiger charge is -2.37. The van der Waals surface area contributed by atoms with Crippen LogP contribution in [0.5, 0.6) is 0 Å². The molecule has 0 bridgehead atoms. The van der Waals surface area contributed by atoms with E-state index in [9.17, 15) is 13.6 Å². The lowest BCUT2D eigenvalue weighted by molar-refractivity contribution is -0.129. The number of carbonyl (C=O) groups excluding carboxylic acids is 1. The van der Waals surface area contributed by atoms with Crippen LogP contribution in [-0.4, -0.2) is 89.7 Å². The maximum absolute atomic E-state index is 14.1. The third kappa shape index (κ3) is 6.57. The van der Waals surface area contributed by atoms with Gasteiger partial charge in [0, 0.05) is 37.8 Å². The summed E-state index contributed by atoms with van der Waals surface area (Å²) in [6, 6.07) is 8.78. The van der Waals surface area contributed by atoms with Gasteiger partial charge in [-0.25, -0.2) is 13.8 Å². The molecule has 1 saturated carbocycles. The third-order valence-corrected chi connectivity index (χ3v) is 7.67. The van der Waals surface area contributed by atoms with Crippen molar-refractivity contribution in [2.24, 2.45) is 0 Å². The van der Waals surface area contributed by atoms with Crippen molar-refractivity contribution < 1.29 is 27.8 Å². The number of carbonyl (C=O) groups is 1. The summed E-state index contributed by atoms with van der Waals surface area (Å²) in [5.41, 5.74) is 1.01. The Morgan fingerprint density at radius 1 is 1.07 bits per heavy atom. The van der Waals surface area contributed by atoms with Gasteiger partial charge in [-0.2, -0.15) is 9.97 Å². The fourth-order valence-corrected chi connectivity index (χ4v) is 5.50. The summed E-state index contributed by atoms with van der Waals surface area (Å²) >= 11 is 0. The Bertz CT molecular complexity index is 1340. The summed E-state index contributed by atoms with van der Waals surface area (Å²) in [6.07, 6.45) is 1.89. The van der Waals surface area contributed by atoms with Crippen LogP contribution in [-0.2, 0) is 19.0 Å². The van der Waals surface area contributed by atoms with E-state index >= 15 is 0 Å². The van der Waals surface area contributed by atoms with E-state index in [0.717, 1.165) is 25.9 Å². The number of morpholine rings is 1. The summed E-state index contributed by atoms with van der Waals surface area (Å²) in [5.74, 6) is 0.771. The first kappa shape index (κ1) is 27.7. The molecule has 2 saturated heterocycles. The number of benzene rings is 1. The minimum Gasteiger partial charge on any atom is -0.378 e. The Hall–Kier alpha value is -3.42. The highest BCUT2D eigenvalue weighted by molar-refractivity contribution is 5.78. The number of para-hydroxylation sites is 2. The molecule has 1 amide bonds. The number of alkyl halides is 2. The number of anilines is 2. The molecule has 1 unspecified atom stereocenters. The van der Waals surface area contributed by atoms with Gasteiger partial charge in [0.2, 0.25) is 11.9 Å². The maximum Gasteiger partial charge on any atom is 0.296 e. The van der Waals surface area contributed by atoms with Crippen LogP contribution in [0.3, 0.4) is 0 Å². The van der Waals surface area contributed by atoms with E-state index in [-0.39, 0.29) is 36.5 Å². The summed E-state index contributed by atoms with van der Waals surface area (Å²) in [6.45, 7) is 3.47. The predicted octanol–water partition coefficient (Wildman–Crippen LogP) is 3.23. The Morgan fingerprint density at radius 2 is 1.90 bits per heavy atom. The van der Waals surface area contributed by atoms with E-state index in [0.29, 0.717) is 74.4 Å². The monoisotopic (exact) mass is 571 g/mol. The third-order valence-electron chi connectivity index (χ3n) is 7.67. The first-order valence-corrected chi connectivity index (χ1v) is 14.3. The zero-order valence-electron chi connectivity index (χ0n) is 22.8. The molecule has 0 spiro atoms. The first-order valence-electron chi connectivity index (χ1n) is 14.3. The smallest absolute Gasteiger partial charge is 0.296 e. The van der Waals surface area contributed by atoms with Crippen LogP contribution in [0.1, 0.15) is 44.4 Å². The van der Waals surface area contributed by atoms with E-state index in [2.05, 4.69) is 20.6 Å². The largest absolute Gasteiger partial charge is 0.378 e. The number of nitrogens with one attached hydrogen (secondary N) is 2. The molecule has 2 aromatic heterocycles. The number of imidazole rings is 1. The number of hydrogen-bond donors (Lipinski definition) is 2. The van der Waals surface area contributed by atoms with Crippen molar-refractivity contribution >= 4 is 28.7 Å². The molecule has 1 aromatic carbocycles. The van der Waals surface area contributed by atoms with Crippen molar-refractivity contribution in [3.8, 4) is 5.82 Å². The van der Waals surface area contributed by atoms with Crippen molar-refractivity contribution in [2.45, 2.75) is 56.7 Å². The number of hydrogen-bond acceptors (Lipinski definition) is 9. The van der Waals surface area contributed by atoms with Crippen LogP contribution in [0.4, 0.5) is 20.5 Å². The van der Waals surface area contributed by atoms with Gasteiger partial charge < -0.3 is 29.7 Å². The van der Waals surface area contributed by atoms with Gasteiger partial charge in [-0.05, 0) is 44.2 Å². The summed E-state index contributed by atoms with van der Waals surface area (Å²) in [7, 11) is 0. The van der Waals surface area contributed by atoms with Crippen LogP contribution in [0.15, 0.2) is 30.3 Å². The highest BCUT2D eigenvalue weighted by Crippen LogP contribution is 2.30. The van der Waals surface area contributed by atoms with Gasteiger partial charge in [-0.15, -0.1) is 0 Å². The molecule has 220 valence electrons. The molecule has 13 heteroatoms. The van der Waals surface area contributed by atoms with E-state index in [1.54, 1.807) is 30.3 Å². The number of amides is 1. The summed E-state index contributed by atoms with van der Waals surface area (Å²) in [5, 5.41) is 6.43. The van der Waals surface area contributed by atoms with E-state index in [1.165, 1.54) is 4.57 Å². The molecular weight excluding hydrogens is 536 g/mol.